The van der Waals surface area contributed by atoms with Crippen molar-refractivity contribution in [1.82, 2.24) is 5.32 Å². The van der Waals surface area contributed by atoms with Gasteiger partial charge in [-0.1, -0.05) is 91.0 Å². The van der Waals surface area contributed by atoms with Crippen molar-refractivity contribution in [3.05, 3.63) is 108 Å². The fourth-order valence-corrected chi connectivity index (χ4v) is 4.04. The summed E-state index contributed by atoms with van der Waals surface area (Å²) in [5.41, 5.74) is 4.05. The quantitative estimate of drug-likeness (QED) is 0.655. The Morgan fingerprint density at radius 2 is 1.33 bits per heavy atom. The van der Waals surface area contributed by atoms with E-state index in [-0.39, 0.29) is 12.0 Å². The lowest BCUT2D eigenvalue weighted by atomic mass is 9.85. The zero-order chi connectivity index (χ0) is 18.3. The predicted octanol–water partition coefficient (Wildman–Crippen LogP) is 4.81. The minimum absolute atomic E-state index is 0.212. The molecule has 1 aliphatic rings. The molecule has 0 amide bonds. The van der Waals surface area contributed by atoms with E-state index in [0.29, 0.717) is 6.04 Å². The van der Waals surface area contributed by atoms with Gasteiger partial charge in [0.1, 0.15) is 0 Å². The molecular formula is C25H27NO. The minimum atomic E-state index is 0.212. The molecule has 27 heavy (non-hydrogen) atoms. The molecule has 0 radical (unpaired) electrons. The molecule has 4 rings (SSSR count). The van der Waals surface area contributed by atoms with Crippen LogP contribution in [0.15, 0.2) is 91.0 Å². The normalized spacial score (nSPS) is 19.4. The average molecular weight is 357 g/mol. The van der Waals surface area contributed by atoms with Gasteiger partial charge in [0.2, 0.25) is 0 Å². The van der Waals surface area contributed by atoms with Crippen molar-refractivity contribution in [2.24, 2.45) is 0 Å². The number of benzene rings is 3. The van der Waals surface area contributed by atoms with Crippen molar-refractivity contribution in [2.75, 3.05) is 13.2 Å². The molecule has 0 spiro atoms. The Morgan fingerprint density at radius 3 is 1.93 bits per heavy atom. The third-order valence-electron chi connectivity index (χ3n) is 5.41. The molecule has 0 saturated carbocycles. The van der Waals surface area contributed by atoms with Gasteiger partial charge < -0.3 is 10.1 Å². The van der Waals surface area contributed by atoms with Crippen LogP contribution in [0.25, 0.3) is 0 Å². The van der Waals surface area contributed by atoms with Crippen molar-refractivity contribution in [1.29, 1.82) is 0 Å². The summed E-state index contributed by atoms with van der Waals surface area (Å²) in [7, 11) is 0. The summed E-state index contributed by atoms with van der Waals surface area (Å²) in [4.78, 5) is 0. The SMILES string of the molecule is c1ccc(CCN[C@H]2CO[C@H](C(c3ccccc3)c3ccccc3)C2)cc1. The smallest absolute Gasteiger partial charge is 0.0700 e. The van der Waals surface area contributed by atoms with Crippen LogP contribution >= 0.6 is 0 Å². The second-order valence-electron chi connectivity index (χ2n) is 7.29. The lowest BCUT2D eigenvalue weighted by Gasteiger charge is -2.24. The summed E-state index contributed by atoms with van der Waals surface area (Å²) in [5, 5.41) is 3.69. The lowest BCUT2D eigenvalue weighted by Crippen LogP contribution is -2.31. The summed E-state index contributed by atoms with van der Waals surface area (Å²) in [6.07, 6.45) is 2.32. The first kappa shape index (κ1) is 18.0. The molecule has 0 aliphatic carbocycles. The number of ether oxygens (including phenoxy) is 1. The molecule has 1 saturated heterocycles. The first-order valence-electron chi connectivity index (χ1n) is 9.89. The van der Waals surface area contributed by atoms with Gasteiger partial charge in [-0.2, -0.15) is 0 Å². The Kier molecular flexibility index (Phi) is 5.98. The first-order chi connectivity index (χ1) is 13.4. The molecule has 1 aliphatic heterocycles. The molecule has 0 unspecified atom stereocenters. The van der Waals surface area contributed by atoms with Gasteiger partial charge in [0.15, 0.2) is 0 Å². The highest BCUT2D eigenvalue weighted by Gasteiger charge is 2.33. The highest BCUT2D eigenvalue weighted by atomic mass is 16.5. The number of rotatable bonds is 7. The standard InChI is InChI=1S/C25H27NO/c1-4-10-20(11-5-1)16-17-26-23-18-24(27-19-23)25(21-12-6-2-7-13-21)22-14-8-3-9-15-22/h1-15,23-26H,16-19H2/t23-,24+/m1/s1. The largest absolute Gasteiger partial charge is 0.376 e. The van der Waals surface area contributed by atoms with E-state index >= 15 is 0 Å². The molecule has 138 valence electrons. The number of hydrogen-bond donors (Lipinski definition) is 1. The summed E-state index contributed by atoms with van der Waals surface area (Å²) < 4.78 is 6.28. The topological polar surface area (TPSA) is 21.3 Å². The monoisotopic (exact) mass is 357 g/mol. The molecule has 1 heterocycles. The Bertz CT molecular complexity index is 764. The van der Waals surface area contributed by atoms with Crippen LogP contribution < -0.4 is 5.32 Å². The maximum Gasteiger partial charge on any atom is 0.0700 e. The molecule has 2 atom stereocenters. The van der Waals surface area contributed by atoms with Gasteiger partial charge in [-0.15, -0.1) is 0 Å². The van der Waals surface area contributed by atoms with Crippen LogP contribution in [-0.2, 0) is 11.2 Å². The van der Waals surface area contributed by atoms with Gasteiger partial charge in [-0.3, -0.25) is 0 Å². The summed E-state index contributed by atoms with van der Waals surface area (Å²) in [6.45, 7) is 1.78. The van der Waals surface area contributed by atoms with Crippen molar-refractivity contribution in [3.8, 4) is 0 Å². The maximum absolute atomic E-state index is 6.28. The fourth-order valence-electron chi connectivity index (χ4n) is 4.04. The number of nitrogens with one attached hydrogen (secondary N) is 1. The molecule has 1 fully saturated rings. The van der Waals surface area contributed by atoms with E-state index in [1.165, 1.54) is 16.7 Å². The van der Waals surface area contributed by atoms with E-state index in [4.69, 9.17) is 4.74 Å². The van der Waals surface area contributed by atoms with Crippen LogP contribution in [0, 0.1) is 0 Å². The molecule has 3 aromatic carbocycles. The Hall–Kier alpha value is -2.42. The zero-order valence-corrected chi connectivity index (χ0v) is 15.6. The van der Waals surface area contributed by atoms with Crippen LogP contribution in [0.3, 0.4) is 0 Å². The van der Waals surface area contributed by atoms with E-state index < -0.39 is 0 Å². The van der Waals surface area contributed by atoms with Crippen LogP contribution in [0.1, 0.15) is 29.0 Å². The molecule has 2 heteroatoms. The van der Waals surface area contributed by atoms with Gasteiger partial charge >= 0.3 is 0 Å². The van der Waals surface area contributed by atoms with Crippen LogP contribution in [0.4, 0.5) is 0 Å². The predicted molar refractivity (Wildman–Crippen MR) is 111 cm³/mol. The van der Waals surface area contributed by atoms with E-state index in [0.717, 1.165) is 26.0 Å². The van der Waals surface area contributed by atoms with Gasteiger partial charge in [-0.05, 0) is 36.1 Å². The molecule has 1 N–H and O–H groups in total. The van der Waals surface area contributed by atoms with Crippen molar-refractivity contribution in [3.63, 3.8) is 0 Å². The minimum Gasteiger partial charge on any atom is -0.376 e. The summed E-state index contributed by atoms with van der Waals surface area (Å²) in [5.74, 6) is 0.285. The summed E-state index contributed by atoms with van der Waals surface area (Å²) in [6, 6.07) is 32.6. The van der Waals surface area contributed by atoms with Gasteiger partial charge in [0.05, 0.1) is 12.7 Å². The van der Waals surface area contributed by atoms with E-state index in [9.17, 15) is 0 Å². The lowest BCUT2D eigenvalue weighted by molar-refractivity contribution is 0.0960. The van der Waals surface area contributed by atoms with Crippen molar-refractivity contribution in [2.45, 2.75) is 30.9 Å². The highest BCUT2D eigenvalue weighted by Crippen LogP contribution is 2.34. The summed E-state index contributed by atoms with van der Waals surface area (Å²) >= 11 is 0. The molecule has 0 aromatic heterocycles. The van der Waals surface area contributed by atoms with Gasteiger partial charge in [0.25, 0.3) is 0 Å². The van der Waals surface area contributed by atoms with Crippen LogP contribution in [-0.4, -0.2) is 25.3 Å². The first-order valence-corrected chi connectivity index (χ1v) is 9.89. The number of hydrogen-bond acceptors (Lipinski definition) is 2. The second kappa shape index (κ2) is 8.98. The Balaban J connectivity index is 1.40. The Labute approximate surface area is 162 Å². The third kappa shape index (κ3) is 4.65. The molecule has 3 aromatic rings. The van der Waals surface area contributed by atoms with Crippen molar-refractivity contribution < 1.29 is 4.74 Å². The average Bonchev–Trinajstić information content (AvgIpc) is 3.19. The zero-order valence-electron chi connectivity index (χ0n) is 15.6. The molecular weight excluding hydrogens is 330 g/mol. The second-order valence-corrected chi connectivity index (χ2v) is 7.29. The molecule has 0 bridgehead atoms. The fraction of sp³-hybridized carbons (Fsp3) is 0.280. The van der Waals surface area contributed by atoms with Crippen molar-refractivity contribution >= 4 is 0 Å². The maximum atomic E-state index is 6.28. The van der Waals surface area contributed by atoms with Gasteiger partial charge in [0, 0.05) is 12.0 Å². The highest BCUT2D eigenvalue weighted by molar-refractivity contribution is 5.34. The molecule has 2 nitrogen and oxygen atoms in total. The van der Waals surface area contributed by atoms with Crippen LogP contribution in [0.5, 0.6) is 0 Å². The van der Waals surface area contributed by atoms with E-state index in [1.54, 1.807) is 0 Å². The van der Waals surface area contributed by atoms with E-state index in [1.807, 2.05) is 0 Å². The third-order valence-corrected chi connectivity index (χ3v) is 5.41. The van der Waals surface area contributed by atoms with Crippen LogP contribution in [0.2, 0.25) is 0 Å². The van der Waals surface area contributed by atoms with E-state index in [2.05, 4.69) is 96.3 Å². The Morgan fingerprint density at radius 1 is 0.778 bits per heavy atom. The van der Waals surface area contributed by atoms with Gasteiger partial charge in [-0.25, -0.2) is 0 Å².